The van der Waals surface area contributed by atoms with E-state index in [1.54, 1.807) is 0 Å². The fraction of sp³-hybridized carbons (Fsp3) is 0.905. The zero-order valence-corrected chi connectivity index (χ0v) is 20.8. The maximum atomic E-state index is 11.3. The number of aliphatic hydroxyl groups excluding tert-OH is 1. The Balaban J connectivity index is 0. The fourth-order valence-corrected chi connectivity index (χ4v) is 2.84. The van der Waals surface area contributed by atoms with Crippen LogP contribution in [0.15, 0.2) is 0 Å². The zero-order valence-electron chi connectivity index (χ0n) is 17.7. The van der Waals surface area contributed by atoms with E-state index in [1.165, 1.54) is 71.1 Å². The van der Waals surface area contributed by atoms with Gasteiger partial charge in [-0.05, 0) is 19.3 Å². The minimum absolute atomic E-state index is 0. The first-order chi connectivity index (χ1) is 11.9. The van der Waals surface area contributed by atoms with Gasteiger partial charge in [0.1, 0.15) is 6.10 Å². The maximum absolute atomic E-state index is 11.3. The summed E-state index contributed by atoms with van der Waals surface area (Å²) in [6, 6.07) is 0. The second kappa shape index (κ2) is 20.5. The number of aliphatic hydroxyl groups is 1. The predicted molar refractivity (Wildman–Crippen MR) is 108 cm³/mol. The standard InChI is InChI=1S/C21H40O4.K/c1-18(2)16-14-12-10-8-6-4-5-7-9-11-13-15-17-20(23)25-21(24)19(3)22;/h18-19,22H,4-17H2,1-3H3;. The molecule has 1 N–H and O–H groups in total. The average molecular weight is 396 g/mol. The smallest absolute Gasteiger partial charge is 0.342 e. The van der Waals surface area contributed by atoms with Crippen LogP contribution in [0, 0.1) is 5.92 Å². The van der Waals surface area contributed by atoms with Crippen LogP contribution in [0.25, 0.3) is 0 Å². The molecule has 0 aromatic heterocycles. The van der Waals surface area contributed by atoms with Gasteiger partial charge in [-0.3, -0.25) is 4.79 Å². The van der Waals surface area contributed by atoms with E-state index in [4.69, 9.17) is 5.11 Å². The van der Waals surface area contributed by atoms with Crippen molar-refractivity contribution in [2.24, 2.45) is 5.92 Å². The van der Waals surface area contributed by atoms with Crippen LogP contribution in [0.2, 0.25) is 0 Å². The molecule has 0 aromatic carbocycles. The van der Waals surface area contributed by atoms with Crippen LogP contribution in [0.1, 0.15) is 111 Å². The minimum Gasteiger partial charge on any atom is -0.391 e. The van der Waals surface area contributed by atoms with Crippen LogP contribution in [0.5, 0.6) is 0 Å². The van der Waals surface area contributed by atoms with E-state index < -0.39 is 18.0 Å². The molecule has 0 spiro atoms. The van der Waals surface area contributed by atoms with E-state index >= 15 is 0 Å². The van der Waals surface area contributed by atoms with E-state index in [9.17, 15) is 9.59 Å². The topological polar surface area (TPSA) is 63.6 Å². The quantitative estimate of drug-likeness (QED) is 0.169. The molecule has 0 aromatic rings. The number of rotatable bonds is 16. The first-order valence-corrected chi connectivity index (χ1v) is 10.4. The molecule has 1 unspecified atom stereocenters. The SMILES string of the molecule is CC(C)CCCCCCCCCCCCCCC(=O)OC(=O)C(C)O.[K]. The second-order valence-corrected chi connectivity index (χ2v) is 7.64. The summed E-state index contributed by atoms with van der Waals surface area (Å²) in [6.07, 6.45) is 15.3. The molecule has 1 atom stereocenters. The number of unbranched alkanes of at least 4 members (excludes halogenated alkanes) is 11. The Bertz CT molecular complexity index is 343. The molecule has 4 nitrogen and oxygen atoms in total. The summed E-state index contributed by atoms with van der Waals surface area (Å²) >= 11 is 0. The monoisotopic (exact) mass is 395 g/mol. The Morgan fingerprint density at radius 1 is 0.731 bits per heavy atom. The van der Waals surface area contributed by atoms with Crippen molar-refractivity contribution < 1.29 is 19.4 Å². The van der Waals surface area contributed by atoms with E-state index in [-0.39, 0.29) is 57.8 Å². The molecule has 149 valence electrons. The van der Waals surface area contributed by atoms with Gasteiger partial charge in [-0.15, -0.1) is 0 Å². The average Bonchev–Trinajstić information content (AvgIpc) is 2.54. The van der Waals surface area contributed by atoms with E-state index in [1.807, 2.05) is 0 Å². The largest absolute Gasteiger partial charge is 0.391 e. The molecule has 26 heavy (non-hydrogen) atoms. The van der Waals surface area contributed by atoms with Crippen molar-refractivity contribution in [3.63, 3.8) is 0 Å². The molecule has 0 aliphatic carbocycles. The van der Waals surface area contributed by atoms with Crippen LogP contribution in [0.3, 0.4) is 0 Å². The Labute approximate surface area is 203 Å². The molecule has 0 aliphatic rings. The minimum atomic E-state index is -1.23. The molecule has 0 heterocycles. The predicted octanol–water partition coefficient (Wildman–Crippen LogP) is 5.17. The van der Waals surface area contributed by atoms with Gasteiger partial charge in [-0.1, -0.05) is 90.9 Å². The Hall–Kier alpha value is 0.736. The van der Waals surface area contributed by atoms with Gasteiger partial charge in [0.2, 0.25) is 0 Å². The van der Waals surface area contributed by atoms with Crippen LogP contribution < -0.4 is 0 Å². The van der Waals surface area contributed by atoms with Gasteiger partial charge in [-0.25, -0.2) is 4.79 Å². The van der Waals surface area contributed by atoms with E-state index in [0.717, 1.165) is 25.2 Å². The zero-order chi connectivity index (χ0) is 18.9. The molecule has 0 rings (SSSR count). The van der Waals surface area contributed by atoms with Gasteiger partial charge in [0, 0.05) is 57.8 Å². The summed E-state index contributed by atoms with van der Waals surface area (Å²) in [6.45, 7) is 5.89. The molecule has 1 radical (unpaired) electrons. The van der Waals surface area contributed by atoms with Crippen LogP contribution in [0.4, 0.5) is 0 Å². The van der Waals surface area contributed by atoms with E-state index in [0.29, 0.717) is 0 Å². The van der Waals surface area contributed by atoms with Crippen molar-refractivity contribution in [1.82, 2.24) is 0 Å². The number of carbonyl (C=O) groups is 2. The Kier molecular flexibility index (Phi) is 22.8. The summed E-state index contributed by atoms with van der Waals surface area (Å²) < 4.78 is 4.50. The van der Waals surface area contributed by atoms with Crippen molar-refractivity contribution in [1.29, 1.82) is 0 Å². The molecule has 0 bridgehead atoms. The second-order valence-electron chi connectivity index (χ2n) is 7.64. The number of carbonyl (C=O) groups excluding carboxylic acids is 2. The normalized spacial score (nSPS) is 11.9. The van der Waals surface area contributed by atoms with Gasteiger partial charge in [0.15, 0.2) is 0 Å². The van der Waals surface area contributed by atoms with E-state index in [2.05, 4.69) is 18.6 Å². The molecular formula is C21H40KO4. The third-order valence-corrected chi connectivity index (χ3v) is 4.47. The van der Waals surface area contributed by atoms with Gasteiger partial charge in [-0.2, -0.15) is 0 Å². The van der Waals surface area contributed by atoms with Gasteiger partial charge in [0.25, 0.3) is 0 Å². The van der Waals surface area contributed by atoms with Crippen molar-refractivity contribution in [2.75, 3.05) is 0 Å². The third kappa shape index (κ3) is 21.0. The van der Waals surface area contributed by atoms with Crippen LogP contribution in [-0.4, -0.2) is 74.5 Å². The molecule has 0 aliphatic heterocycles. The van der Waals surface area contributed by atoms with Gasteiger partial charge >= 0.3 is 11.9 Å². The number of hydrogen-bond acceptors (Lipinski definition) is 4. The van der Waals surface area contributed by atoms with Crippen molar-refractivity contribution in [3.8, 4) is 0 Å². The summed E-state index contributed by atoms with van der Waals surface area (Å²) in [7, 11) is 0. The maximum Gasteiger partial charge on any atom is 0.342 e. The summed E-state index contributed by atoms with van der Waals surface area (Å²) in [5, 5.41) is 8.95. The fourth-order valence-electron chi connectivity index (χ4n) is 2.84. The van der Waals surface area contributed by atoms with Crippen molar-refractivity contribution >= 4 is 63.3 Å². The van der Waals surface area contributed by atoms with Crippen LogP contribution >= 0.6 is 0 Å². The number of esters is 2. The van der Waals surface area contributed by atoms with Crippen LogP contribution in [-0.2, 0) is 14.3 Å². The molecule has 0 saturated heterocycles. The Morgan fingerprint density at radius 3 is 1.50 bits per heavy atom. The van der Waals surface area contributed by atoms with Crippen molar-refractivity contribution in [2.45, 2.75) is 117 Å². The molecule has 5 heteroatoms. The van der Waals surface area contributed by atoms with Crippen molar-refractivity contribution in [3.05, 3.63) is 0 Å². The molecular weight excluding hydrogens is 355 g/mol. The van der Waals surface area contributed by atoms with Gasteiger partial charge < -0.3 is 9.84 Å². The third-order valence-electron chi connectivity index (χ3n) is 4.47. The Morgan fingerprint density at radius 2 is 1.12 bits per heavy atom. The molecule has 0 amide bonds. The first-order valence-electron chi connectivity index (χ1n) is 10.4. The summed E-state index contributed by atoms with van der Waals surface area (Å²) in [5.74, 6) is -0.540. The summed E-state index contributed by atoms with van der Waals surface area (Å²) in [4.78, 5) is 22.4. The van der Waals surface area contributed by atoms with Gasteiger partial charge in [0.05, 0.1) is 0 Å². The number of ether oxygens (including phenoxy) is 1. The summed E-state index contributed by atoms with van der Waals surface area (Å²) in [5.41, 5.74) is 0. The first kappa shape index (κ1) is 28.9. The molecule has 0 fully saturated rings. The molecule has 0 saturated carbocycles. The number of hydrogen-bond donors (Lipinski definition) is 1.